The number of aliphatic hydroxyl groups excluding tert-OH is 1. The van der Waals surface area contributed by atoms with Gasteiger partial charge in [0.25, 0.3) is 0 Å². The van der Waals surface area contributed by atoms with Crippen LogP contribution in [0.2, 0.25) is 0 Å². The maximum Gasteiger partial charge on any atom is 0.224 e. The number of rotatable bonds is 3. The van der Waals surface area contributed by atoms with Gasteiger partial charge >= 0.3 is 0 Å². The SMILES string of the molecule is Cc1noc(C)c1CC(=O)NC1CCCCCC1O. The molecule has 0 aromatic carbocycles. The predicted molar refractivity (Wildman–Crippen MR) is 70.7 cm³/mol. The fraction of sp³-hybridized carbons (Fsp3) is 0.714. The molecule has 1 saturated carbocycles. The summed E-state index contributed by atoms with van der Waals surface area (Å²) in [4.78, 5) is 12.0. The summed E-state index contributed by atoms with van der Waals surface area (Å²) in [6.07, 6.45) is 4.71. The van der Waals surface area contributed by atoms with Gasteiger partial charge in [-0.05, 0) is 26.7 Å². The molecule has 1 aromatic rings. The lowest BCUT2D eigenvalue weighted by Crippen LogP contribution is -2.43. The fourth-order valence-corrected chi connectivity index (χ4v) is 2.63. The van der Waals surface area contributed by atoms with E-state index in [4.69, 9.17) is 4.52 Å². The highest BCUT2D eigenvalue weighted by atomic mass is 16.5. The topological polar surface area (TPSA) is 75.4 Å². The van der Waals surface area contributed by atoms with Crippen LogP contribution in [0.4, 0.5) is 0 Å². The first-order valence-electron chi connectivity index (χ1n) is 6.97. The van der Waals surface area contributed by atoms with E-state index in [1.54, 1.807) is 0 Å². The number of nitrogens with zero attached hydrogens (tertiary/aromatic N) is 1. The van der Waals surface area contributed by atoms with Crippen LogP contribution >= 0.6 is 0 Å². The quantitative estimate of drug-likeness (QED) is 0.816. The van der Waals surface area contributed by atoms with E-state index >= 15 is 0 Å². The Hall–Kier alpha value is -1.36. The molecule has 1 fully saturated rings. The summed E-state index contributed by atoms with van der Waals surface area (Å²) in [5.74, 6) is 0.620. The van der Waals surface area contributed by atoms with Gasteiger partial charge in [0.05, 0.1) is 24.3 Å². The molecule has 0 saturated heterocycles. The van der Waals surface area contributed by atoms with E-state index in [0.29, 0.717) is 5.76 Å². The largest absolute Gasteiger partial charge is 0.391 e. The minimum atomic E-state index is -0.420. The van der Waals surface area contributed by atoms with E-state index in [1.165, 1.54) is 0 Å². The number of hydrogen-bond donors (Lipinski definition) is 2. The Morgan fingerprint density at radius 2 is 2.11 bits per heavy atom. The minimum Gasteiger partial charge on any atom is -0.391 e. The van der Waals surface area contributed by atoms with Crippen molar-refractivity contribution in [2.24, 2.45) is 0 Å². The van der Waals surface area contributed by atoms with Crippen molar-refractivity contribution in [2.75, 3.05) is 0 Å². The molecule has 0 aliphatic heterocycles. The van der Waals surface area contributed by atoms with E-state index in [9.17, 15) is 9.90 Å². The van der Waals surface area contributed by atoms with Crippen molar-refractivity contribution in [3.63, 3.8) is 0 Å². The van der Waals surface area contributed by atoms with Crippen LogP contribution < -0.4 is 5.32 Å². The maximum atomic E-state index is 12.0. The molecule has 106 valence electrons. The number of hydrogen-bond acceptors (Lipinski definition) is 4. The maximum absolute atomic E-state index is 12.0. The van der Waals surface area contributed by atoms with Crippen molar-refractivity contribution < 1.29 is 14.4 Å². The Kier molecular flexibility index (Phi) is 4.58. The zero-order valence-corrected chi connectivity index (χ0v) is 11.6. The molecule has 0 radical (unpaired) electrons. The summed E-state index contributed by atoms with van der Waals surface area (Å²) >= 11 is 0. The summed E-state index contributed by atoms with van der Waals surface area (Å²) in [5.41, 5.74) is 1.61. The molecule has 1 amide bonds. The van der Waals surface area contributed by atoms with Crippen LogP contribution in [0.25, 0.3) is 0 Å². The van der Waals surface area contributed by atoms with E-state index < -0.39 is 6.10 Å². The molecule has 1 aliphatic carbocycles. The van der Waals surface area contributed by atoms with Crippen LogP contribution in [-0.2, 0) is 11.2 Å². The third-order valence-corrected chi connectivity index (χ3v) is 3.84. The van der Waals surface area contributed by atoms with Gasteiger partial charge in [0, 0.05) is 5.56 Å². The first-order chi connectivity index (χ1) is 9.08. The van der Waals surface area contributed by atoms with Crippen LogP contribution in [0.1, 0.15) is 49.1 Å². The normalized spacial score (nSPS) is 23.9. The van der Waals surface area contributed by atoms with E-state index in [2.05, 4.69) is 10.5 Å². The molecule has 2 unspecified atom stereocenters. The molecule has 19 heavy (non-hydrogen) atoms. The molecule has 0 bridgehead atoms. The monoisotopic (exact) mass is 266 g/mol. The second-order valence-electron chi connectivity index (χ2n) is 5.36. The molecule has 5 nitrogen and oxygen atoms in total. The lowest BCUT2D eigenvalue weighted by Gasteiger charge is -2.21. The molecule has 2 atom stereocenters. The van der Waals surface area contributed by atoms with E-state index in [1.807, 2.05) is 13.8 Å². The molecule has 5 heteroatoms. The standard InChI is InChI=1S/C14H22N2O3/c1-9-11(10(2)19-16-9)8-14(18)15-12-6-4-3-5-7-13(12)17/h12-13,17H,3-8H2,1-2H3,(H,15,18). The van der Waals surface area contributed by atoms with Gasteiger partial charge in [0.2, 0.25) is 5.91 Å². The second-order valence-corrected chi connectivity index (χ2v) is 5.36. The van der Waals surface area contributed by atoms with Gasteiger partial charge in [-0.3, -0.25) is 4.79 Å². The molecule has 0 spiro atoms. The third-order valence-electron chi connectivity index (χ3n) is 3.84. The highest BCUT2D eigenvalue weighted by Crippen LogP contribution is 2.18. The predicted octanol–water partition coefficient (Wildman–Crippen LogP) is 1.64. The summed E-state index contributed by atoms with van der Waals surface area (Å²) in [5, 5.41) is 16.8. The molecule has 1 aliphatic rings. The van der Waals surface area contributed by atoms with Gasteiger partial charge in [0.15, 0.2) is 0 Å². The number of aliphatic hydroxyl groups is 1. The van der Waals surface area contributed by atoms with Crippen molar-refractivity contribution in [1.29, 1.82) is 0 Å². The van der Waals surface area contributed by atoms with Crippen LogP contribution in [0.3, 0.4) is 0 Å². The van der Waals surface area contributed by atoms with Gasteiger partial charge in [-0.1, -0.05) is 24.4 Å². The van der Waals surface area contributed by atoms with Crippen molar-refractivity contribution in [1.82, 2.24) is 10.5 Å². The minimum absolute atomic E-state index is 0.0691. The van der Waals surface area contributed by atoms with Crippen LogP contribution in [0.15, 0.2) is 4.52 Å². The number of carbonyl (C=O) groups excluding carboxylic acids is 1. The lowest BCUT2D eigenvalue weighted by molar-refractivity contribution is -0.122. The zero-order valence-electron chi connectivity index (χ0n) is 11.6. The van der Waals surface area contributed by atoms with E-state index in [-0.39, 0.29) is 18.4 Å². The number of amides is 1. The first kappa shape index (κ1) is 14.1. The summed E-state index contributed by atoms with van der Waals surface area (Å²) in [6.45, 7) is 3.64. The fourth-order valence-electron chi connectivity index (χ4n) is 2.63. The third kappa shape index (κ3) is 3.56. The smallest absolute Gasteiger partial charge is 0.224 e. The Morgan fingerprint density at radius 3 is 2.79 bits per heavy atom. The Balaban J connectivity index is 1.93. The first-order valence-corrected chi connectivity index (χ1v) is 6.97. The molecule has 2 N–H and O–H groups in total. The molecular weight excluding hydrogens is 244 g/mol. The Morgan fingerprint density at radius 1 is 1.37 bits per heavy atom. The average Bonchev–Trinajstić information content (AvgIpc) is 2.57. The highest BCUT2D eigenvalue weighted by Gasteiger charge is 2.24. The molecule has 2 rings (SSSR count). The lowest BCUT2D eigenvalue weighted by atomic mass is 10.0. The van der Waals surface area contributed by atoms with Crippen molar-refractivity contribution in [3.05, 3.63) is 17.0 Å². The summed E-state index contributed by atoms with van der Waals surface area (Å²) < 4.78 is 5.05. The van der Waals surface area contributed by atoms with Crippen molar-refractivity contribution in [2.45, 2.75) is 64.5 Å². The van der Waals surface area contributed by atoms with Gasteiger partial charge < -0.3 is 14.9 Å². The average molecular weight is 266 g/mol. The summed E-state index contributed by atoms with van der Waals surface area (Å²) in [6, 6.07) is -0.115. The van der Waals surface area contributed by atoms with Crippen LogP contribution in [-0.4, -0.2) is 28.3 Å². The second kappa shape index (κ2) is 6.19. The number of carbonyl (C=O) groups is 1. The highest BCUT2D eigenvalue weighted by molar-refractivity contribution is 5.79. The number of aryl methyl sites for hydroxylation is 2. The van der Waals surface area contributed by atoms with Crippen molar-refractivity contribution in [3.8, 4) is 0 Å². The van der Waals surface area contributed by atoms with Gasteiger partial charge in [0.1, 0.15) is 5.76 Å². The van der Waals surface area contributed by atoms with Gasteiger partial charge in [-0.15, -0.1) is 0 Å². The number of nitrogens with one attached hydrogen (secondary N) is 1. The van der Waals surface area contributed by atoms with Crippen LogP contribution in [0.5, 0.6) is 0 Å². The van der Waals surface area contributed by atoms with Gasteiger partial charge in [-0.25, -0.2) is 0 Å². The van der Waals surface area contributed by atoms with E-state index in [0.717, 1.165) is 43.4 Å². The van der Waals surface area contributed by atoms with Crippen LogP contribution in [0, 0.1) is 13.8 Å². The van der Waals surface area contributed by atoms with Crippen molar-refractivity contribution >= 4 is 5.91 Å². The Bertz CT molecular complexity index is 422. The zero-order chi connectivity index (χ0) is 13.8. The molecular formula is C14H22N2O3. The summed E-state index contributed by atoms with van der Waals surface area (Å²) in [7, 11) is 0. The van der Waals surface area contributed by atoms with Gasteiger partial charge in [-0.2, -0.15) is 0 Å². The molecule has 1 heterocycles. The molecule has 1 aromatic heterocycles. The number of aromatic nitrogens is 1. The Labute approximate surface area is 113 Å².